The summed E-state index contributed by atoms with van der Waals surface area (Å²) in [4.78, 5) is 28.7. The van der Waals surface area contributed by atoms with Gasteiger partial charge in [0.1, 0.15) is 19.0 Å². The lowest BCUT2D eigenvalue weighted by atomic mass is 10.1. The zero-order chi connectivity index (χ0) is 25.5. The largest absolute Gasteiger partial charge is 0.485 e. The van der Waals surface area contributed by atoms with E-state index in [2.05, 4.69) is 29.7 Å². The normalized spacial score (nSPS) is 15.4. The van der Waals surface area contributed by atoms with E-state index in [1.54, 1.807) is 11.0 Å². The van der Waals surface area contributed by atoms with Gasteiger partial charge in [0.2, 0.25) is 0 Å². The van der Waals surface area contributed by atoms with E-state index >= 15 is 0 Å². The number of aliphatic carboxylic acids is 1. The van der Waals surface area contributed by atoms with Crippen molar-refractivity contribution in [2.24, 2.45) is 0 Å². The zero-order valence-corrected chi connectivity index (χ0v) is 20.6. The molecular weight excluding hydrogens is 464 g/mol. The number of nitrogens with zero attached hydrogens (tertiary/aromatic N) is 2. The molecule has 1 amide bonds. The van der Waals surface area contributed by atoms with Gasteiger partial charge in [-0.2, -0.15) is 0 Å². The number of hydrogen-bond acceptors (Lipinski definition) is 8. The highest BCUT2D eigenvalue weighted by Crippen LogP contribution is 2.42. The Morgan fingerprint density at radius 3 is 2.53 bits per heavy atom. The number of amides is 1. The average Bonchev–Trinajstić information content (AvgIpc) is 3.36. The Balaban J connectivity index is 0.000000709. The van der Waals surface area contributed by atoms with E-state index in [0.717, 1.165) is 54.8 Å². The van der Waals surface area contributed by atoms with E-state index < -0.39 is 5.97 Å². The van der Waals surface area contributed by atoms with Crippen LogP contribution in [0.15, 0.2) is 24.3 Å². The number of morpholine rings is 1. The van der Waals surface area contributed by atoms with Crippen molar-refractivity contribution in [2.45, 2.75) is 26.7 Å². The molecule has 0 bridgehead atoms. The van der Waals surface area contributed by atoms with Crippen molar-refractivity contribution in [3.05, 3.63) is 41.1 Å². The Morgan fingerprint density at radius 2 is 1.81 bits per heavy atom. The first-order valence-electron chi connectivity index (χ1n) is 12.2. The van der Waals surface area contributed by atoms with Gasteiger partial charge in [-0.25, -0.2) is 4.98 Å². The lowest BCUT2D eigenvalue weighted by Crippen LogP contribution is -2.41. The molecule has 36 heavy (non-hydrogen) atoms. The first kappa shape index (κ1) is 25.3. The van der Waals surface area contributed by atoms with Crippen molar-refractivity contribution in [3.63, 3.8) is 0 Å². The van der Waals surface area contributed by atoms with E-state index in [-0.39, 0.29) is 5.91 Å². The fourth-order valence-corrected chi connectivity index (χ4v) is 4.19. The molecule has 10 nitrogen and oxygen atoms in total. The Bertz CT molecular complexity index is 1140. The van der Waals surface area contributed by atoms with Gasteiger partial charge in [-0.05, 0) is 18.6 Å². The lowest BCUT2D eigenvalue weighted by molar-refractivity contribution is -0.134. The molecule has 3 aliphatic rings. The van der Waals surface area contributed by atoms with Crippen molar-refractivity contribution in [3.8, 4) is 11.5 Å². The van der Waals surface area contributed by atoms with Crippen molar-refractivity contribution in [2.75, 3.05) is 56.7 Å². The minimum Gasteiger partial charge on any atom is -0.485 e. The van der Waals surface area contributed by atoms with Gasteiger partial charge in [0.15, 0.2) is 11.5 Å². The summed E-state index contributed by atoms with van der Waals surface area (Å²) in [5.41, 5.74) is 4.51. The molecule has 3 N–H and O–H groups in total. The number of hydrogen-bond donors (Lipinski definition) is 3. The molecule has 5 rings (SSSR count). The second-order valence-electron chi connectivity index (χ2n) is 8.51. The van der Waals surface area contributed by atoms with Crippen molar-refractivity contribution in [1.29, 1.82) is 0 Å². The van der Waals surface area contributed by atoms with Crippen LogP contribution in [0.4, 0.5) is 17.2 Å². The number of nitrogens with one attached hydrogen (secondary N) is 2. The van der Waals surface area contributed by atoms with Crippen LogP contribution in [-0.4, -0.2) is 72.9 Å². The third kappa shape index (κ3) is 5.88. The van der Waals surface area contributed by atoms with Crippen LogP contribution >= 0.6 is 0 Å². The van der Waals surface area contributed by atoms with Crippen molar-refractivity contribution < 1.29 is 28.9 Å². The summed E-state index contributed by atoms with van der Waals surface area (Å²) < 4.78 is 17.2. The maximum Gasteiger partial charge on any atom is 0.300 e. The van der Waals surface area contributed by atoms with Crippen LogP contribution in [0, 0.1) is 0 Å². The summed E-state index contributed by atoms with van der Waals surface area (Å²) in [6, 6.07) is 5.69. The molecule has 0 saturated carbocycles. The molecule has 0 spiro atoms. The molecule has 2 aromatic rings. The van der Waals surface area contributed by atoms with Crippen LogP contribution in [0.25, 0.3) is 6.08 Å². The number of fused-ring (bicyclic) bond motifs is 2. The molecule has 3 heterocycles. The van der Waals surface area contributed by atoms with E-state index in [9.17, 15) is 4.79 Å². The summed E-state index contributed by atoms with van der Waals surface area (Å²) in [6.45, 7) is 7.23. The fraction of sp³-hybridized carbons (Fsp3) is 0.423. The lowest BCUT2D eigenvalue weighted by Gasteiger charge is -2.29. The van der Waals surface area contributed by atoms with E-state index in [4.69, 9.17) is 29.1 Å². The predicted octanol–water partition coefficient (Wildman–Crippen LogP) is 3.55. The third-order valence-corrected chi connectivity index (χ3v) is 5.78. The van der Waals surface area contributed by atoms with E-state index in [1.807, 2.05) is 12.1 Å². The van der Waals surface area contributed by atoms with Gasteiger partial charge < -0.3 is 34.9 Å². The SMILES string of the molecule is CC(=O)O.CCCNc1cc(Nc2ccc(C(=O)N3CCOCC3)c3c2OCCO3)nc2c1C=CC2. The molecule has 1 aromatic heterocycles. The van der Waals surface area contributed by atoms with Gasteiger partial charge in [0.25, 0.3) is 11.9 Å². The van der Waals surface area contributed by atoms with Gasteiger partial charge in [-0.3, -0.25) is 9.59 Å². The molecule has 1 aromatic carbocycles. The number of rotatable bonds is 6. The summed E-state index contributed by atoms with van der Waals surface area (Å²) in [7, 11) is 0. The smallest absolute Gasteiger partial charge is 0.300 e. The van der Waals surface area contributed by atoms with Crippen LogP contribution in [0.2, 0.25) is 0 Å². The molecule has 0 atom stereocenters. The standard InChI is InChI=1S/C24H28N4O4.C2H4O2/c1-2-8-25-20-15-21(26-18-5-3-4-16(18)20)27-19-7-6-17(22-23(19)32-14-13-31-22)24(29)28-9-11-30-12-10-28;1-2(3)4/h3-4,6-7,15H,2,5,8-14H2,1H3,(H2,25,26,27);1H3,(H,3,4). The number of ether oxygens (including phenoxy) is 3. The zero-order valence-electron chi connectivity index (χ0n) is 20.6. The highest BCUT2D eigenvalue weighted by molar-refractivity contribution is 5.99. The minimum atomic E-state index is -0.833. The van der Waals surface area contributed by atoms with Crippen LogP contribution in [0.1, 0.15) is 41.9 Å². The first-order chi connectivity index (χ1) is 17.5. The van der Waals surface area contributed by atoms with E-state index in [0.29, 0.717) is 56.6 Å². The second kappa shape index (κ2) is 11.8. The van der Waals surface area contributed by atoms with Gasteiger partial charge >= 0.3 is 0 Å². The highest BCUT2D eigenvalue weighted by Gasteiger charge is 2.28. The molecule has 192 valence electrons. The number of carbonyl (C=O) groups is 2. The predicted molar refractivity (Wildman–Crippen MR) is 137 cm³/mol. The summed E-state index contributed by atoms with van der Waals surface area (Å²) in [5, 5.41) is 14.3. The Morgan fingerprint density at radius 1 is 1.08 bits per heavy atom. The molecular formula is C26H32N4O6. The first-order valence-corrected chi connectivity index (χ1v) is 12.2. The van der Waals surface area contributed by atoms with Gasteiger partial charge in [0, 0.05) is 50.3 Å². The molecule has 10 heteroatoms. The molecule has 0 unspecified atom stereocenters. The molecule has 2 aliphatic heterocycles. The van der Waals surface area contributed by atoms with Crippen LogP contribution in [-0.2, 0) is 16.0 Å². The van der Waals surface area contributed by atoms with Crippen LogP contribution in [0.5, 0.6) is 11.5 Å². The number of pyridine rings is 1. The van der Waals surface area contributed by atoms with Crippen molar-refractivity contribution >= 4 is 35.1 Å². The molecule has 1 saturated heterocycles. The Hall–Kier alpha value is -3.79. The van der Waals surface area contributed by atoms with Crippen LogP contribution in [0.3, 0.4) is 0 Å². The fourth-order valence-electron chi connectivity index (χ4n) is 4.19. The molecule has 1 aliphatic carbocycles. The number of carbonyl (C=O) groups excluding carboxylic acids is 1. The Kier molecular flexibility index (Phi) is 8.27. The number of benzene rings is 1. The summed E-state index contributed by atoms with van der Waals surface area (Å²) in [5.74, 6) is 0.882. The van der Waals surface area contributed by atoms with Gasteiger partial charge in [-0.15, -0.1) is 0 Å². The summed E-state index contributed by atoms with van der Waals surface area (Å²) in [6.07, 6.45) is 6.11. The second-order valence-corrected chi connectivity index (χ2v) is 8.51. The van der Waals surface area contributed by atoms with Gasteiger partial charge in [-0.1, -0.05) is 19.1 Å². The third-order valence-electron chi connectivity index (χ3n) is 5.78. The molecule has 0 radical (unpaired) electrons. The van der Waals surface area contributed by atoms with Crippen molar-refractivity contribution in [1.82, 2.24) is 9.88 Å². The monoisotopic (exact) mass is 496 g/mol. The average molecular weight is 497 g/mol. The number of carboxylic acid groups (broad SMARTS) is 1. The van der Waals surface area contributed by atoms with Crippen LogP contribution < -0.4 is 20.1 Å². The van der Waals surface area contributed by atoms with E-state index in [1.165, 1.54) is 0 Å². The molecule has 1 fully saturated rings. The number of anilines is 3. The minimum absolute atomic E-state index is 0.0608. The highest BCUT2D eigenvalue weighted by atomic mass is 16.6. The quantitative estimate of drug-likeness (QED) is 0.551. The maximum atomic E-state index is 13.1. The Labute approximate surface area is 210 Å². The number of aromatic nitrogens is 1. The maximum absolute atomic E-state index is 13.1. The number of carboxylic acids is 1. The topological polar surface area (TPSA) is 122 Å². The van der Waals surface area contributed by atoms with Gasteiger partial charge in [0.05, 0.1) is 30.2 Å². The number of allylic oxidation sites excluding steroid dienone is 1. The summed E-state index contributed by atoms with van der Waals surface area (Å²) >= 11 is 0.